The Kier molecular flexibility index (Phi) is 10.1. The van der Waals surface area contributed by atoms with Crippen LogP contribution in [0.3, 0.4) is 0 Å². The van der Waals surface area contributed by atoms with Crippen molar-refractivity contribution in [1.29, 1.82) is 0 Å². The highest BCUT2D eigenvalue weighted by molar-refractivity contribution is 7.36. The van der Waals surface area contributed by atoms with Crippen LogP contribution < -0.4 is 18.5 Å². The fourth-order valence-electron chi connectivity index (χ4n) is 8.34. The second-order valence-corrected chi connectivity index (χ2v) is 25.1. The standard InChI is InChI=1S/C46H48O2S4Si/c1-27-39(23-43(49-27)31-15-19-33(47-5)20-16-31)35-11-9-13-37(35)41-25-45(51-29(41)3)53(7,8)46-26-42(30(4)52-46)38-14-10-12-36(38)40-24-44(50-28(40)2)32-17-21-34(48-6)22-18-32/h15-26H,9-14H2,1-8H3. The van der Waals surface area contributed by atoms with Gasteiger partial charge in [-0.25, -0.2) is 0 Å². The second-order valence-electron chi connectivity index (χ2n) is 15.0. The highest BCUT2D eigenvalue weighted by Gasteiger charge is 2.34. The fourth-order valence-corrected chi connectivity index (χ4v) is 17.1. The van der Waals surface area contributed by atoms with Gasteiger partial charge in [0.1, 0.15) is 19.6 Å². The summed E-state index contributed by atoms with van der Waals surface area (Å²) in [4.78, 5) is 8.48. The fraction of sp³-hybridized carbons (Fsp3) is 0.304. The maximum atomic E-state index is 5.41. The number of methoxy groups -OCH3 is 2. The van der Waals surface area contributed by atoms with Gasteiger partial charge >= 0.3 is 0 Å². The van der Waals surface area contributed by atoms with E-state index >= 15 is 0 Å². The molecule has 0 unspecified atom stereocenters. The Labute approximate surface area is 332 Å². The number of benzene rings is 2. The van der Waals surface area contributed by atoms with Gasteiger partial charge in [0.15, 0.2) is 0 Å². The van der Waals surface area contributed by atoms with Crippen LogP contribution in [0.2, 0.25) is 13.1 Å². The van der Waals surface area contributed by atoms with Crippen LogP contribution >= 0.6 is 45.3 Å². The molecule has 0 bridgehead atoms. The first-order valence-electron chi connectivity index (χ1n) is 18.7. The smallest absolute Gasteiger partial charge is 0.137 e. The molecule has 0 fully saturated rings. The summed E-state index contributed by atoms with van der Waals surface area (Å²) >= 11 is 7.97. The molecule has 6 aromatic rings. The van der Waals surface area contributed by atoms with Crippen molar-refractivity contribution in [3.05, 3.63) is 115 Å². The van der Waals surface area contributed by atoms with Crippen molar-refractivity contribution >= 4 is 84.7 Å². The Morgan fingerprint density at radius 1 is 0.453 bits per heavy atom. The van der Waals surface area contributed by atoms with E-state index in [0.29, 0.717) is 0 Å². The summed E-state index contributed by atoms with van der Waals surface area (Å²) < 4.78 is 14.0. The molecule has 2 nitrogen and oxygen atoms in total. The van der Waals surface area contributed by atoms with E-state index in [2.05, 4.69) is 136 Å². The lowest BCUT2D eigenvalue weighted by Gasteiger charge is -2.19. The molecule has 4 heterocycles. The normalized spacial score (nSPS) is 14.9. The molecule has 0 aliphatic heterocycles. The first-order chi connectivity index (χ1) is 25.5. The number of rotatable bonds is 10. The van der Waals surface area contributed by atoms with Crippen LogP contribution in [-0.4, -0.2) is 22.3 Å². The summed E-state index contributed by atoms with van der Waals surface area (Å²) in [5, 5.41) is 0. The predicted octanol–water partition coefficient (Wildman–Crippen LogP) is 13.5. The van der Waals surface area contributed by atoms with E-state index in [1.165, 1.54) is 88.3 Å². The van der Waals surface area contributed by atoms with Crippen LogP contribution in [0.4, 0.5) is 0 Å². The lowest BCUT2D eigenvalue weighted by atomic mass is 9.97. The number of aryl methyl sites for hydroxylation is 4. The molecule has 0 saturated heterocycles. The second kappa shape index (κ2) is 14.6. The van der Waals surface area contributed by atoms with Gasteiger partial charge in [-0.2, -0.15) is 0 Å². The van der Waals surface area contributed by atoms with Crippen LogP contribution in [0.5, 0.6) is 11.5 Å². The van der Waals surface area contributed by atoms with Crippen LogP contribution in [-0.2, 0) is 0 Å². The van der Waals surface area contributed by atoms with Gasteiger partial charge in [0, 0.05) is 29.3 Å². The van der Waals surface area contributed by atoms with Gasteiger partial charge in [0.25, 0.3) is 0 Å². The number of hydrogen-bond acceptors (Lipinski definition) is 6. The highest BCUT2D eigenvalue weighted by Crippen LogP contribution is 2.48. The maximum absolute atomic E-state index is 5.41. The third-order valence-corrected chi connectivity index (χ3v) is 21.7. The molecule has 0 amide bonds. The average Bonchev–Trinajstić information content (AvgIpc) is 4.02. The zero-order valence-corrected chi connectivity index (χ0v) is 36.4. The van der Waals surface area contributed by atoms with E-state index in [-0.39, 0.29) is 0 Å². The van der Waals surface area contributed by atoms with Crippen molar-refractivity contribution in [2.24, 2.45) is 0 Å². The Morgan fingerprint density at radius 2 is 0.774 bits per heavy atom. The number of allylic oxidation sites excluding steroid dienone is 4. The summed E-state index contributed by atoms with van der Waals surface area (Å²) in [5.74, 6) is 1.81. The molecule has 272 valence electrons. The van der Waals surface area contributed by atoms with Gasteiger partial charge in [0.05, 0.1) is 14.2 Å². The molecule has 53 heavy (non-hydrogen) atoms. The Morgan fingerprint density at radius 3 is 1.11 bits per heavy atom. The third-order valence-electron chi connectivity index (χ3n) is 11.4. The lowest BCUT2D eigenvalue weighted by Crippen LogP contribution is -2.50. The minimum atomic E-state index is -1.92. The minimum absolute atomic E-state index is 0.903. The number of hydrogen-bond donors (Lipinski definition) is 0. The first-order valence-corrected chi connectivity index (χ1v) is 25.0. The largest absolute Gasteiger partial charge is 0.497 e. The zero-order chi connectivity index (χ0) is 37.0. The molecule has 0 radical (unpaired) electrons. The van der Waals surface area contributed by atoms with Gasteiger partial charge < -0.3 is 9.47 Å². The maximum Gasteiger partial charge on any atom is 0.137 e. The van der Waals surface area contributed by atoms with Crippen molar-refractivity contribution < 1.29 is 9.47 Å². The van der Waals surface area contributed by atoms with Crippen LogP contribution in [0, 0.1) is 27.7 Å². The molecule has 0 atom stereocenters. The molecule has 2 aromatic carbocycles. The van der Waals surface area contributed by atoms with Gasteiger partial charge in [-0.3, -0.25) is 0 Å². The first kappa shape index (κ1) is 36.5. The van der Waals surface area contributed by atoms with Crippen LogP contribution in [0.1, 0.15) is 80.3 Å². The summed E-state index contributed by atoms with van der Waals surface area (Å²) in [6.45, 7) is 14.5. The van der Waals surface area contributed by atoms with Crippen LogP contribution in [0.15, 0.2) is 72.8 Å². The van der Waals surface area contributed by atoms with Crippen molar-refractivity contribution in [2.75, 3.05) is 14.2 Å². The third kappa shape index (κ3) is 6.78. The summed E-state index contributed by atoms with van der Waals surface area (Å²) in [5.41, 5.74) is 14.7. The van der Waals surface area contributed by atoms with E-state index in [4.69, 9.17) is 9.47 Å². The summed E-state index contributed by atoms with van der Waals surface area (Å²) in [6, 6.07) is 27.1. The summed E-state index contributed by atoms with van der Waals surface area (Å²) in [7, 11) is 1.54. The number of thiophene rings is 4. The molecule has 2 aliphatic carbocycles. The SMILES string of the molecule is COc1ccc(-c2cc(C3=C(c4cc([Si](C)(C)c5cc(C6=C(c7cc(-c8ccc(OC)cc8)sc7C)CCC6)c(C)s5)sc4C)CCC3)c(C)s2)cc1. The monoisotopic (exact) mass is 788 g/mol. The molecule has 7 heteroatoms. The van der Waals surface area contributed by atoms with Gasteiger partial charge in [-0.15, -0.1) is 45.3 Å². The molecular weight excluding hydrogens is 741 g/mol. The molecule has 0 N–H and O–H groups in total. The van der Waals surface area contributed by atoms with E-state index in [0.717, 1.165) is 24.3 Å². The van der Waals surface area contributed by atoms with Crippen molar-refractivity contribution in [2.45, 2.75) is 79.3 Å². The molecule has 0 saturated carbocycles. The van der Waals surface area contributed by atoms with Gasteiger partial charge in [0.2, 0.25) is 0 Å². The Bertz CT molecular complexity index is 2210. The minimum Gasteiger partial charge on any atom is -0.497 e. The van der Waals surface area contributed by atoms with Crippen molar-refractivity contribution in [3.8, 4) is 32.4 Å². The van der Waals surface area contributed by atoms with E-state index in [1.54, 1.807) is 45.5 Å². The van der Waals surface area contributed by atoms with Crippen LogP contribution in [0.25, 0.3) is 43.2 Å². The van der Waals surface area contributed by atoms with E-state index < -0.39 is 8.07 Å². The predicted molar refractivity (Wildman–Crippen MR) is 238 cm³/mol. The lowest BCUT2D eigenvalue weighted by molar-refractivity contribution is 0.415. The molecule has 0 spiro atoms. The quantitative estimate of drug-likeness (QED) is 0.129. The number of ether oxygens (including phenoxy) is 2. The van der Waals surface area contributed by atoms with E-state index in [1.807, 2.05) is 22.7 Å². The molecular formula is C46H48O2S4Si. The zero-order valence-electron chi connectivity index (χ0n) is 32.1. The van der Waals surface area contributed by atoms with Crippen molar-refractivity contribution in [1.82, 2.24) is 0 Å². The topological polar surface area (TPSA) is 18.5 Å². The molecule has 2 aliphatic rings. The van der Waals surface area contributed by atoms with Crippen molar-refractivity contribution in [3.63, 3.8) is 0 Å². The van der Waals surface area contributed by atoms with E-state index in [9.17, 15) is 0 Å². The van der Waals surface area contributed by atoms with Gasteiger partial charge in [-0.1, -0.05) is 13.1 Å². The molecule has 8 rings (SSSR count). The highest BCUT2D eigenvalue weighted by atomic mass is 32.1. The Hall–Kier alpha value is -3.46. The average molecular weight is 789 g/mol. The Balaban J connectivity index is 1.10. The molecule has 4 aromatic heterocycles. The summed E-state index contributed by atoms with van der Waals surface area (Å²) in [6.07, 6.45) is 7.14. The van der Waals surface area contributed by atoms with Gasteiger partial charge in [-0.05, 0) is 204 Å².